The average Bonchev–Trinajstić information content (AvgIpc) is 3.01. The maximum Gasteiger partial charge on any atom is 0.166 e. The van der Waals surface area contributed by atoms with Gasteiger partial charge in [0, 0.05) is 11.1 Å². The van der Waals surface area contributed by atoms with Crippen molar-refractivity contribution >= 4 is 33.6 Å². The molecule has 1 aromatic heterocycles. The van der Waals surface area contributed by atoms with Gasteiger partial charge in [-0.05, 0) is 23.6 Å². The average molecular weight is 320 g/mol. The maximum absolute atomic E-state index is 5.95. The lowest BCUT2D eigenvalue weighted by Gasteiger charge is -2.08. The van der Waals surface area contributed by atoms with Crippen LogP contribution in [0.5, 0.6) is 5.75 Å². The molecule has 0 spiro atoms. The molecular weight excluding hydrogens is 304 g/mol. The summed E-state index contributed by atoms with van der Waals surface area (Å²) in [6.07, 6.45) is 0. The molecule has 4 aromatic rings. The zero-order chi connectivity index (χ0) is 15.5. The Morgan fingerprint density at radius 1 is 0.913 bits per heavy atom. The third kappa shape index (κ3) is 3.03. The molecule has 23 heavy (non-hydrogen) atoms. The van der Waals surface area contributed by atoms with E-state index >= 15 is 0 Å². The fourth-order valence-electron chi connectivity index (χ4n) is 2.61. The summed E-state index contributed by atoms with van der Waals surface area (Å²) in [4.78, 5) is 7.88. The van der Waals surface area contributed by atoms with E-state index < -0.39 is 0 Å². The fraction of sp³-hybridized carbons (Fsp3) is 0.105. The van der Waals surface area contributed by atoms with Crippen LogP contribution >= 0.6 is 11.8 Å². The predicted molar refractivity (Wildman–Crippen MR) is 96.3 cm³/mol. The topological polar surface area (TPSA) is 37.9 Å². The van der Waals surface area contributed by atoms with E-state index in [-0.39, 0.29) is 0 Å². The van der Waals surface area contributed by atoms with Crippen LogP contribution in [0.3, 0.4) is 0 Å². The number of para-hydroxylation sites is 2. The molecule has 114 valence electrons. The molecule has 3 nitrogen and oxygen atoms in total. The Morgan fingerprint density at radius 2 is 1.74 bits per heavy atom. The van der Waals surface area contributed by atoms with E-state index in [1.54, 1.807) is 11.8 Å². The van der Waals surface area contributed by atoms with Gasteiger partial charge in [0.05, 0.1) is 17.6 Å². The third-order valence-corrected chi connectivity index (χ3v) is 4.53. The van der Waals surface area contributed by atoms with Gasteiger partial charge in [-0.25, -0.2) is 4.98 Å². The molecule has 0 unspecified atom stereocenters. The first-order chi connectivity index (χ1) is 11.4. The van der Waals surface area contributed by atoms with E-state index in [0.29, 0.717) is 6.61 Å². The number of benzene rings is 3. The van der Waals surface area contributed by atoms with Crippen molar-refractivity contribution in [3.63, 3.8) is 0 Å². The van der Waals surface area contributed by atoms with Crippen molar-refractivity contribution in [1.29, 1.82) is 0 Å². The highest BCUT2D eigenvalue weighted by atomic mass is 32.2. The van der Waals surface area contributed by atoms with Crippen molar-refractivity contribution in [3.8, 4) is 5.75 Å². The molecule has 0 saturated carbocycles. The smallest absolute Gasteiger partial charge is 0.166 e. The number of aromatic amines is 1. The number of fused-ring (bicyclic) bond motifs is 2. The van der Waals surface area contributed by atoms with Gasteiger partial charge >= 0.3 is 0 Å². The largest absolute Gasteiger partial charge is 0.492 e. The minimum atomic E-state index is 0.649. The Hall–Kier alpha value is -2.46. The number of hydrogen-bond acceptors (Lipinski definition) is 3. The lowest BCUT2D eigenvalue weighted by atomic mass is 10.1. The summed E-state index contributed by atoms with van der Waals surface area (Å²) in [5.41, 5.74) is 2.08. The number of ether oxygens (including phenoxy) is 1. The minimum Gasteiger partial charge on any atom is -0.492 e. The van der Waals surface area contributed by atoms with Crippen molar-refractivity contribution in [1.82, 2.24) is 9.97 Å². The molecule has 0 amide bonds. The van der Waals surface area contributed by atoms with E-state index in [4.69, 9.17) is 4.74 Å². The summed E-state index contributed by atoms with van der Waals surface area (Å²) in [5, 5.41) is 3.30. The Bertz CT molecular complexity index is 910. The van der Waals surface area contributed by atoms with Gasteiger partial charge in [-0.1, -0.05) is 60.3 Å². The molecule has 3 aromatic carbocycles. The van der Waals surface area contributed by atoms with E-state index in [2.05, 4.69) is 28.2 Å². The first kappa shape index (κ1) is 14.2. The summed E-state index contributed by atoms with van der Waals surface area (Å²) in [6, 6.07) is 22.5. The Labute approximate surface area is 138 Å². The van der Waals surface area contributed by atoms with Gasteiger partial charge < -0.3 is 9.72 Å². The van der Waals surface area contributed by atoms with Crippen molar-refractivity contribution in [2.24, 2.45) is 0 Å². The second kappa shape index (κ2) is 6.34. The Morgan fingerprint density at radius 3 is 2.70 bits per heavy atom. The molecule has 4 heteroatoms. The van der Waals surface area contributed by atoms with E-state index in [0.717, 1.165) is 33.1 Å². The van der Waals surface area contributed by atoms with Crippen molar-refractivity contribution in [2.45, 2.75) is 5.16 Å². The number of H-pyrrole nitrogens is 1. The van der Waals surface area contributed by atoms with Crippen LogP contribution in [0, 0.1) is 0 Å². The van der Waals surface area contributed by atoms with Crippen LogP contribution in [0.4, 0.5) is 0 Å². The second-order valence-electron chi connectivity index (χ2n) is 5.23. The number of rotatable bonds is 5. The normalized spacial score (nSPS) is 11.1. The van der Waals surface area contributed by atoms with E-state index in [1.807, 2.05) is 48.5 Å². The summed E-state index contributed by atoms with van der Waals surface area (Å²) in [5.74, 6) is 1.79. The summed E-state index contributed by atoms with van der Waals surface area (Å²) in [6.45, 7) is 0.649. The molecule has 0 saturated heterocycles. The van der Waals surface area contributed by atoms with Crippen molar-refractivity contribution < 1.29 is 4.74 Å². The Balaban J connectivity index is 1.39. The highest BCUT2D eigenvalue weighted by Gasteiger charge is 2.04. The number of imidazole rings is 1. The van der Waals surface area contributed by atoms with Gasteiger partial charge in [0.15, 0.2) is 5.16 Å². The zero-order valence-corrected chi connectivity index (χ0v) is 13.3. The fourth-order valence-corrected chi connectivity index (χ4v) is 3.31. The van der Waals surface area contributed by atoms with Crippen LogP contribution in [0.1, 0.15) is 0 Å². The number of nitrogens with one attached hydrogen (secondary N) is 1. The molecule has 0 aliphatic heterocycles. The van der Waals surface area contributed by atoms with Crippen molar-refractivity contribution in [3.05, 3.63) is 66.7 Å². The highest BCUT2D eigenvalue weighted by Crippen LogP contribution is 2.25. The van der Waals surface area contributed by atoms with Gasteiger partial charge in [-0.15, -0.1) is 0 Å². The maximum atomic E-state index is 5.95. The molecule has 0 aliphatic carbocycles. The van der Waals surface area contributed by atoms with Crippen LogP contribution in [-0.2, 0) is 0 Å². The van der Waals surface area contributed by atoms with Crippen LogP contribution in [0.25, 0.3) is 21.8 Å². The predicted octanol–water partition coefficient (Wildman–Crippen LogP) is 4.89. The summed E-state index contributed by atoms with van der Waals surface area (Å²) < 4.78 is 5.95. The quantitative estimate of drug-likeness (QED) is 0.420. The number of hydrogen-bond donors (Lipinski definition) is 1. The first-order valence-corrected chi connectivity index (χ1v) is 8.57. The molecule has 0 fully saturated rings. The highest BCUT2D eigenvalue weighted by molar-refractivity contribution is 7.99. The zero-order valence-electron chi connectivity index (χ0n) is 12.5. The molecule has 1 heterocycles. The lowest BCUT2D eigenvalue weighted by molar-refractivity contribution is 0.348. The van der Waals surface area contributed by atoms with Crippen LogP contribution in [0.2, 0.25) is 0 Å². The minimum absolute atomic E-state index is 0.649. The first-order valence-electron chi connectivity index (χ1n) is 7.58. The van der Waals surface area contributed by atoms with Crippen LogP contribution in [-0.4, -0.2) is 22.3 Å². The Kier molecular flexibility index (Phi) is 3.90. The molecule has 0 bridgehead atoms. The molecule has 0 aliphatic rings. The SMILES string of the molecule is c1ccc2c(OCCSc3nc4ccccc4[nH]3)cccc2c1. The van der Waals surface area contributed by atoms with Gasteiger partial charge in [-0.3, -0.25) is 0 Å². The molecule has 4 rings (SSSR count). The van der Waals surface area contributed by atoms with Gasteiger partial charge in [-0.2, -0.15) is 0 Å². The standard InChI is InChI=1S/C19H16N2OS/c1-2-8-15-14(6-1)7-5-11-18(15)22-12-13-23-19-20-16-9-3-4-10-17(16)21-19/h1-11H,12-13H2,(H,20,21). The second-order valence-corrected chi connectivity index (χ2v) is 6.32. The number of nitrogens with zero attached hydrogens (tertiary/aromatic N) is 1. The summed E-state index contributed by atoms with van der Waals surface area (Å²) in [7, 11) is 0. The number of thioether (sulfide) groups is 1. The van der Waals surface area contributed by atoms with Crippen LogP contribution < -0.4 is 4.74 Å². The lowest BCUT2D eigenvalue weighted by Crippen LogP contribution is -2.00. The number of aromatic nitrogens is 2. The van der Waals surface area contributed by atoms with Gasteiger partial charge in [0.1, 0.15) is 5.75 Å². The molecule has 0 radical (unpaired) electrons. The van der Waals surface area contributed by atoms with Crippen LogP contribution in [0.15, 0.2) is 71.9 Å². The third-order valence-electron chi connectivity index (χ3n) is 3.70. The molecule has 1 N–H and O–H groups in total. The van der Waals surface area contributed by atoms with Gasteiger partial charge in [0.2, 0.25) is 0 Å². The summed E-state index contributed by atoms with van der Waals surface area (Å²) >= 11 is 1.68. The molecule has 0 atom stereocenters. The monoisotopic (exact) mass is 320 g/mol. The molecular formula is C19H16N2OS. The van der Waals surface area contributed by atoms with E-state index in [9.17, 15) is 0 Å². The van der Waals surface area contributed by atoms with Gasteiger partial charge in [0.25, 0.3) is 0 Å². The van der Waals surface area contributed by atoms with E-state index in [1.165, 1.54) is 5.39 Å². The van der Waals surface area contributed by atoms with Crippen molar-refractivity contribution in [2.75, 3.05) is 12.4 Å².